The van der Waals surface area contributed by atoms with Crippen LogP contribution in [0.3, 0.4) is 0 Å². The van der Waals surface area contributed by atoms with E-state index in [1.54, 1.807) is 0 Å². The molecule has 0 amide bonds. The summed E-state index contributed by atoms with van der Waals surface area (Å²) >= 11 is 0. The van der Waals surface area contributed by atoms with E-state index in [0.717, 1.165) is 24.6 Å². The second-order valence-corrected chi connectivity index (χ2v) is 5.05. The quantitative estimate of drug-likeness (QED) is 0.843. The molecular weight excluding hydrogens is 236 g/mol. The summed E-state index contributed by atoms with van der Waals surface area (Å²) in [5, 5.41) is 3.45. The number of anilines is 2. The largest absolute Gasteiger partial charge is 0.453 e. The topological polar surface area (TPSA) is 24.5 Å². The van der Waals surface area contributed by atoms with E-state index < -0.39 is 0 Å². The molecule has 1 fully saturated rings. The number of para-hydroxylation sites is 4. The fourth-order valence-corrected chi connectivity index (χ4v) is 2.99. The zero-order valence-corrected chi connectivity index (χ0v) is 10.7. The van der Waals surface area contributed by atoms with Crippen molar-refractivity contribution in [3.63, 3.8) is 0 Å². The van der Waals surface area contributed by atoms with Gasteiger partial charge < -0.3 is 15.0 Å². The van der Waals surface area contributed by atoms with E-state index in [1.807, 2.05) is 24.3 Å². The monoisotopic (exact) mass is 252 g/mol. The van der Waals surface area contributed by atoms with Gasteiger partial charge in [0, 0.05) is 12.6 Å². The van der Waals surface area contributed by atoms with E-state index in [1.165, 1.54) is 17.8 Å². The molecule has 2 heterocycles. The number of hydrogen-bond acceptors (Lipinski definition) is 3. The predicted molar refractivity (Wildman–Crippen MR) is 76.4 cm³/mol. The number of nitrogens with one attached hydrogen (secondary N) is 1. The fourth-order valence-electron chi connectivity index (χ4n) is 2.99. The van der Waals surface area contributed by atoms with Crippen molar-refractivity contribution in [2.24, 2.45) is 0 Å². The number of fused-ring (bicyclic) bond motifs is 2. The lowest BCUT2D eigenvalue weighted by atomic mass is 10.1. The Morgan fingerprint density at radius 2 is 1.58 bits per heavy atom. The summed E-state index contributed by atoms with van der Waals surface area (Å²) < 4.78 is 6.01. The molecule has 3 heteroatoms. The number of rotatable bonds is 1. The smallest absolute Gasteiger partial charge is 0.151 e. The first-order valence-electron chi connectivity index (χ1n) is 6.79. The Morgan fingerprint density at radius 1 is 0.947 bits per heavy atom. The van der Waals surface area contributed by atoms with Crippen molar-refractivity contribution in [1.82, 2.24) is 5.32 Å². The van der Waals surface area contributed by atoms with Crippen LogP contribution in [-0.2, 0) is 0 Å². The van der Waals surface area contributed by atoms with Gasteiger partial charge in [0.05, 0.1) is 11.4 Å². The highest BCUT2D eigenvalue weighted by Gasteiger charge is 2.31. The maximum atomic E-state index is 6.01. The van der Waals surface area contributed by atoms with Gasteiger partial charge >= 0.3 is 0 Å². The van der Waals surface area contributed by atoms with Crippen LogP contribution in [0.25, 0.3) is 0 Å². The lowest BCUT2D eigenvalue weighted by molar-refractivity contribution is 0.467. The minimum atomic E-state index is 0.506. The van der Waals surface area contributed by atoms with E-state index in [0.29, 0.717) is 6.04 Å². The Bertz CT molecular complexity index is 560. The van der Waals surface area contributed by atoms with E-state index in [2.05, 4.69) is 34.5 Å². The molecule has 1 atom stereocenters. The van der Waals surface area contributed by atoms with Crippen molar-refractivity contribution < 1.29 is 4.74 Å². The molecule has 0 radical (unpaired) electrons. The van der Waals surface area contributed by atoms with Gasteiger partial charge in [-0.3, -0.25) is 0 Å². The highest BCUT2D eigenvalue weighted by atomic mass is 16.5. The van der Waals surface area contributed by atoms with E-state index in [-0.39, 0.29) is 0 Å². The SMILES string of the molecule is c1ccc2c(c1)Oc1ccccc1N2C1CCNC1. The molecule has 1 unspecified atom stereocenters. The molecular formula is C16H16N2O. The Labute approximate surface area is 112 Å². The van der Waals surface area contributed by atoms with Crippen LogP contribution in [0, 0.1) is 0 Å². The lowest BCUT2D eigenvalue weighted by Gasteiger charge is -2.36. The molecule has 19 heavy (non-hydrogen) atoms. The number of ether oxygens (including phenoxy) is 1. The lowest BCUT2D eigenvalue weighted by Crippen LogP contribution is -2.34. The van der Waals surface area contributed by atoms with Crippen molar-refractivity contribution in [3.05, 3.63) is 48.5 Å². The normalized spacial score (nSPS) is 20.6. The molecule has 1 N–H and O–H groups in total. The summed E-state index contributed by atoms with van der Waals surface area (Å²) in [6.45, 7) is 2.12. The van der Waals surface area contributed by atoms with Gasteiger partial charge in [-0.25, -0.2) is 0 Å². The van der Waals surface area contributed by atoms with Crippen LogP contribution in [0.2, 0.25) is 0 Å². The Balaban J connectivity index is 1.87. The standard InChI is InChI=1S/C16H16N2O/c1-3-7-15-13(5-1)18(12-9-10-17-11-12)14-6-2-4-8-16(14)19-15/h1-8,12,17H,9-11H2. The molecule has 0 aromatic heterocycles. The zero-order valence-electron chi connectivity index (χ0n) is 10.7. The van der Waals surface area contributed by atoms with Gasteiger partial charge in [-0.1, -0.05) is 24.3 Å². The van der Waals surface area contributed by atoms with Crippen molar-refractivity contribution >= 4 is 11.4 Å². The average Bonchev–Trinajstić information content (AvgIpc) is 2.98. The summed E-state index contributed by atoms with van der Waals surface area (Å²) in [4.78, 5) is 2.42. The second-order valence-electron chi connectivity index (χ2n) is 5.05. The summed E-state index contributed by atoms with van der Waals surface area (Å²) in [7, 11) is 0. The first kappa shape index (κ1) is 10.9. The minimum absolute atomic E-state index is 0.506. The predicted octanol–water partition coefficient (Wildman–Crippen LogP) is 3.29. The first-order valence-corrected chi connectivity index (χ1v) is 6.79. The Kier molecular flexibility index (Phi) is 2.45. The molecule has 4 rings (SSSR count). The fraction of sp³-hybridized carbons (Fsp3) is 0.250. The average molecular weight is 252 g/mol. The molecule has 96 valence electrons. The third-order valence-corrected chi connectivity index (χ3v) is 3.87. The van der Waals surface area contributed by atoms with Gasteiger partial charge in [-0.05, 0) is 37.2 Å². The summed E-state index contributed by atoms with van der Waals surface area (Å²) in [6, 6.07) is 17.1. The molecule has 2 aliphatic heterocycles. The number of hydrogen-bond donors (Lipinski definition) is 1. The minimum Gasteiger partial charge on any atom is -0.453 e. The van der Waals surface area contributed by atoms with E-state index in [9.17, 15) is 0 Å². The molecule has 2 aromatic carbocycles. The third kappa shape index (κ3) is 1.70. The first-order chi connectivity index (χ1) is 9.43. The van der Waals surface area contributed by atoms with Crippen molar-refractivity contribution in [1.29, 1.82) is 0 Å². The van der Waals surface area contributed by atoms with E-state index in [4.69, 9.17) is 4.74 Å². The van der Waals surface area contributed by atoms with Crippen LogP contribution in [0.4, 0.5) is 11.4 Å². The van der Waals surface area contributed by atoms with Gasteiger partial charge in [-0.2, -0.15) is 0 Å². The maximum absolute atomic E-state index is 6.01. The second kappa shape index (κ2) is 4.28. The van der Waals surface area contributed by atoms with Gasteiger partial charge in [0.25, 0.3) is 0 Å². The molecule has 3 nitrogen and oxygen atoms in total. The van der Waals surface area contributed by atoms with Crippen LogP contribution in [0.5, 0.6) is 11.5 Å². The van der Waals surface area contributed by atoms with E-state index >= 15 is 0 Å². The Hall–Kier alpha value is -2.00. The van der Waals surface area contributed by atoms with Crippen molar-refractivity contribution in [2.45, 2.75) is 12.5 Å². The van der Waals surface area contributed by atoms with Gasteiger partial charge in [0.1, 0.15) is 0 Å². The van der Waals surface area contributed by atoms with Gasteiger partial charge in [-0.15, -0.1) is 0 Å². The van der Waals surface area contributed by atoms with Crippen LogP contribution in [0.15, 0.2) is 48.5 Å². The molecule has 2 aromatic rings. The van der Waals surface area contributed by atoms with Gasteiger partial charge in [0.15, 0.2) is 11.5 Å². The van der Waals surface area contributed by atoms with Crippen LogP contribution >= 0.6 is 0 Å². The summed E-state index contributed by atoms with van der Waals surface area (Å²) in [5.41, 5.74) is 2.35. The maximum Gasteiger partial charge on any atom is 0.151 e. The molecule has 0 aliphatic carbocycles. The molecule has 0 spiro atoms. The Morgan fingerprint density at radius 3 is 2.16 bits per heavy atom. The van der Waals surface area contributed by atoms with Crippen molar-refractivity contribution in [2.75, 3.05) is 18.0 Å². The van der Waals surface area contributed by atoms with Crippen LogP contribution in [-0.4, -0.2) is 19.1 Å². The highest BCUT2D eigenvalue weighted by molar-refractivity contribution is 5.78. The van der Waals surface area contributed by atoms with Gasteiger partial charge in [0.2, 0.25) is 0 Å². The van der Waals surface area contributed by atoms with Crippen molar-refractivity contribution in [3.8, 4) is 11.5 Å². The third-order valence-electron chi connectivity index (χ3n) is 3.87. The number of nitrogens with zero attached hydrogens (tertiary/aromatic N) is 1. The molecule has 1 saturated heterocycles. The number of benzene rings is 2. The summed E-state index contributed by atoms with van der Waals surface area (Å²) in [5.74, 6) is 1.90. The molecule has 0 saturated carbocycles. The zero-order chi connectivity index (χ0) is 12.7. The highest BCUT2D eigenvalue weighted by Crippen LogP contribution is 2.47. The van der Waals surface area contributed by atoms with Crippen LogP contribution < -0.4 is 15.0 Å². The summed E-state index contributed by atoms with van der Waals surface area (Å²) in [6.07, 6.45) is 1.17. The molecule has 2 aliphatic rings. The molecule has 0 bridgehead atoms. The van der Waals surface area contributed by atoms with Crippen LogP contribution in [0.1, 0.15) is 6.42 Å².